The van der Waals surface area contributed by atoms with Crippen molar-refractivity contribution < 1.29 is 0 Å². The van der Waals surface area contributed by atoms with Gasteiger partial charge in [0.2, 0.25) is 0 Å². The van der Waals surface area contributed by atoms with E-state index in [4.69, 9.17) is 5.73 Å². The first kappa shape index (κ1) is 9.68. The fourth-order valence-corrected chi connectivity index (χ4v) is 2.23. The molecular weight excluding hydrogens is 208 g/mol. The van der Waals surface area contributed by atoms with Gasteiger partial charge in [-0.3, -0.25) is 0 Å². The van der Waals surface area contributed by atoms with Crippen molar-refractivity contribution in [1.82, 2.24) is 0 Å². The summed E-state index contributed by atoms with van der Waals surface area (Å²) in [6, 6.07) is 17.9. The van der Waals surface area contributed by atoms with E-state index in [0.29, 0.717) is 5.56 Å². The van der Waals surface area contributed by atoms with E-state index in [2.05, 4.69) is 6.07 Å². The number of fused-ring (bicyclic) bond motifs is 3. The highest BCUT2D eigenvalue weighted by Crippen LogP contribution is 2.29. The number of benzene rings is 3. The second kappa shape index (κ2) is 3.50. The van der Waals surface area contributed by atoms with Gasteiger partial charge in [0.05, 0.1) is 11.6 Å². The van der Waals surface area contributed by atoms with Crippen molar-refractivity contribution in [2.45, 2.75) is 0 Å². The maximum absolute atomic E-state index is 9.17. The molecule has 0 spiro atoms. The predicted octanol–water partition coefficient (Wildman–Crippen LogP) is 3.45. The van der Waals surface area contributed by atoms with Gasteiger partial charge in [0.1, 0.15) is 0 Å². The van der Waals surface area contributed by atoms with Gasteiger partial charge in [-0.1, -0.05) is 30.3 Å². The van der Waals surface area contributed by atoms with Crippen LogP contribution in [-0.4, -0.2) is 0 Å². The van der Waals surface area contributed by atoms with Crippen LogP contribution in [0.5, 0.6) is 0 Å². The van der Waals surface area contributed by atoms with E-state index in [-0.39, 0.29) is 0 Å². The first-order valence-corrected chi connectivity index (χ1v) is 5.41. The number of nitrogens with zero attached hydrogens (tertiary/aromatic N) is 1. The van der Waals surface area contributed by atoms with Crippen molar-refractivity contribution in [1.29, 1.82) is 5.26 Å². The van der Waals surface area contributed by atoms with Gasteiger partial charge in [-0.05, 0) is 34.4 Å². The van der Waals surface area contributed by atoms with Crippen LogP contribution in [0, 0.1) is 11.3 Å². The molecule has 0 saturated carbocycles. The molecule has 0 aliphatic carbocycles. The molecule has 0 bridgehead atoms. The number of anilines is 1. The van der Waals surface area contributed by atoms with Gasteiger partial charge in [0, 0.05) is 11.1 Å². The molecular formula is C15H10N2. The molecule has 17 heavy (non-hydrogen) atoms. The summed E-state index contributed by atoms with van der Waals surface area (Å²) < 4.78 is 0. The summed E-state index contributed by atoms with van der Waals surface area (Å²) in [7, 11) is 0. The van der Waals surface area contributed by atoms with E-state index in [9.17, 15) is 5.26 Å². The lowest BCUT2D eigenvalue weighted by Crippen LogP contribution is -1.86. The number of nitrogen functional groups attached to an aromatic ring is 1. The van der Waals surface area contributed by atoms with Crippen LogP contribution in [0.1, 0.15) is 5.56 Å². The molecule has 3 aromatic rings. The van der Waals surface area contributed by atoms with E-state index >= 15 is 0 Å². The quantitative estimate of drug-likeness (QED) is 0.464. The molecule has 3 rings (SSSR count). The summed E-state index contributed by atoms with van der Waals surface area (Å²) in [6.45, 7) is 0. The molecule has 2 N–H and O–H groups in total. The third kappa shape index (κ3) is 1.41. The second-order valence-electron chi connectivity index (χ2n) is 4.06. The van der Waals surface area contributed by atoms with Gasteiger partial charge in [0.25, 0.3) is 0 Å². The van der Waals surface area contributed by atoms with Crippen LogP contribution in [0.15, 0.2) is 48.5 Å². The van der Waals surface area contributed by atoms with Crippen LogP contribution in [0.4, 0.5) is 5.69 Å². The van der Waals surface area contributed by atoms with Gasteiger partial charge in [-0.2, -0.15) is 5.26 Å². The van der Waals surface area contributed by atoms with Crippen molar-refractivity contribution in [2.24, 2.45) is 0 Å². The van der Waals surface area contributed by atoms with Crippen molar-refractivity contribution >= 4 is 27.2 Å². The van der Waals surface area contributed by atoms with Gasteiger partial charge in [-0.25, -0.2) is 0 Å². The lowest BCUT2D eigenvalue weighted by atomic mass is 9.98. The highest BCUT2D eigenvalue weighted by atomic mass is 14.5. The van der Waals surface area contributed by atoms with Crippen LogP contribution in [0.3, 0.4) is 0 Å². The van der Waals surface area contributed by atoms with Gasteiger partial charge in [0.15, 0.2) is 0 Å². The van der Waals surface area contributed by atoms with Crippen molar-refractivity contribution in [2.75, 3.05) is 5.73 Å². The fraction of sp³-hybridized carbons (Fsp3) is 0. The standard InChI is InChI=1S/C15H10N2/c16-9-12-3-1-2-10-4-5-11-8-13(17)6-7-14(11)15(10)12/h1-8H,17H2. The third-order valence-electron chi connectivity index (χ3n) is 3.00. The Morgan fingerprint density at radius 3 is 2.59 bits per heavy atom. The molecule has 3 aromatic carbocycles. The third-order valence-corrected chi connectivity index (χ3v) is 3.00. The van der Waals surface area contributed by atoms with Crippen molar-refractivity contribution in [3.8, 4) is 6.07 Å². The van der Waals surface area contributed by atoms with E-state index < -0.39 is 0 Å². The number of rotatable bonds is 0. The Balaban J connectivity index is 2.59. The molecule has 0 heterocycles. The number of hydrogen-bond donors (Lipinski definition) is 1. The highest BCUT2D eigenvalue weighted by molar-refractivity contribution is 6.10. The van der Waals surface area contributed by atoms with E-state index in [1.165, 1.54) is 0 Å². The highest BCUT2D eigenvalue weighted by Gasteiger charge is 2.05. The summed E-state index contributed by atoms with van der Waals surface area (Å²) in [6.07, 6.45) is 0. The van der Waals surface area contributed by atoms with Crippen LogP contribution in [0.2, 0.25) is 0 Å². The molecule has 0 unspecified atom stereocenters. The molecule has 0 aliphatic heterocycles. The Labute approximate surface area is 98.9 Å². The van der Waals surface area contributed by atoms with Gasteiger partial charge in [-0.15, -0.1) is 0 Å². The minimum Gasteiger partial charge on any atom is -0.399 e. The van der Waals surface area contributed by atoms with Crippen LogP contribution >= 0.6 is 0 Å². The molecule has 0 saturated heterocycles. The zero-order valence-electron chi connectivity index (χ0n) is 9.14. The largest absolute Gasteiger partial charge is 0.399 e. The summed E-state index contributed by atoms with van der Waals surface area (Å²) in [4.78, 5) is 0. The average Bonchev–Trinajstić information content (AvgIpc) is 2.37. The van der Waals surface area contributed by atoms with Crippen LogP contribution in [0.25, 0.3) is 21.5 Å². The number of hydrogen-bond acceptors (Lipinski definition) is 2. The molecule has 0 amide bonds. The summed E-state index contributed by atoms with van der Waals surface area (Å²) in [5, 5.41) is 13.4. The zero-order valence-corrected chi connectivity index (χ0v) is 9.14. The minimum atomic E-state index is 0.706. The van der Waals surface area contributed by atoms with Crippen LogP contribution < -0.4 is 5.73 Å². The summed E-state index contributed by atoms with van der Waals surface area (Å²) >= 11 is 0. The maximum atomic E-state index is 9.17. The Hall–Kier alpha value is -2.53. The Morgan fingerprint density at radius 2 is 1.76 bits per heavy atom. The van der Waals surface area contributed by atoms with E-state index in [1.807, 2.05) is 48.5 Å². The van der Waals surface area contributed by atoms with Crippen molar-refractivity contribution in [3.63, 3.8) is 0 Å². The molecule has 80 valence electrons. The van der Waals surface area contributed by atoms with Gasteiger partial charge < -0.3 is 5.73 Å². The number of nitrogens with two attached hydrogens (primary N) is 1. The monoisotopic (exact) mass is 218 g/mol. The molecule has 0 atom stereocenters. The van der Waals surface area contributed by atoms with Crippen LogP contribution in [-0.2, 0) is 0 Å². The summed E-state index contributed by atoms with van der Waals surface area (Å²) in [5.41, 5.74) is 7.22. The normalized spacial score (nSPS) is 10.5. The molecule has 0 aromatic heterocycles. The average molecular weight is 218 g/mol. The lowest BCUT2D eigenvalue weighted by Gasteiger charge is -2.06. The predicted molar refractivity (Wildman–Crippen MR) is 70.6 cm³/mol. The SMILES string of the molecule is N#Cc1cccc2ccc3cc(N)ccc3c12. The molecule has 2 nitrogen and oxygen atoms in total. The second-order valence-corrected chi connectivity index (χ2v) is 4.06. The molecule has 2 heteroatoms. The van der Waals surface area contributed by atoms with Crippen molar-refractivity contribution in [3.05, 3.63) is 54.1 Å². The molecule has 0 fully saturated rings. The Bertz CT molecular complexity index is 767. The van der Waals surface area contributed by atoms with E-state index in [1.54, 1.807) is 0 Å². The maximum Gasteiger partial charge on any atom is 0.0998 e. The smallest absolute Gasteiger partial charge is 0.0998 e. The minimum absolute atomic E-state index is 0.706. The first-order chi connectivity index (χ1) is 8.29. The lowest BCUT2D eigenvalue weighted by molar-refractivity contribution is 1.51. The fourth-order valence-electron chi connectivity index (χ4n) is 2.23. The molecule has 0 aliphatic rings. The first-order valence-electron chi connectivity index (χ1n) is 5.41. The van der Waals surface area contributed by atoms with E-state index in [0.717, 1.165) is 27.2 Å². The topological polar surface area (TPSA) is 49.8 Å². The zero-order chi connectivity index (χ0) is 11.8. The Morgan fingerprint density at radius 1 is 0.941 bits per heavy atom. The Kier molecular flexibility index (Phi) is 1.99. The number of nitriles is 1. The molecule has 0 radical (unpaired) electrons. The van der Waals surface area contributed by atoms with Gasteiger partial charge >= 0.3 is 0 Å². The summed E-state index contributed by atoms with van der Waals surface area (Å²) in [5.74, 6) is 0.